The minimum atomic E-state index is -1.02. The number of benzene rings is 1. The van der Waals surface area contributed by atoms with Gasteiger partial charge in [0.15, 0.2) is 23.0 Å². The van der Waals surface area contributed by atoms with E-state index < -0.39 is 5.54 Å². The Morgan fingerprint density at radius 2 is 1.88 bits per heavy atom. The molecular weight excluding hydrogens is 667 g/mol. The van der Waals surface area contributed by atoms with Crippen LogP contribution in [-0.2, 0) is 19.0 Å². The molecule has 1 atom stereocenters. The lowest BCUT2D eigenvalue weighted by Gasteiger charge is -2.48. The zero-order valence-electron chi connectivity index (χ0n) is 26.7. The zero-order chi connectivity index (χ0) is 31.5. The van der Waals surface area contributed by atoms with Gasteiger partial charge in [0.1, 0.15) is 22.1 Å². The Bertz CT molecular complexity index is 1400. The summed E-state index contributed by atoms with van der Waals surface area (Å²) in [5, 5.41) is 1.07. The first kappa shape index (κ1) is 33.4. The molecule has 0 unspecified atom stereocenters. The molecule has 1 aromatic carbocycles. The maximum atomic E-state index is 13.2. The largest absolute Gasteiger partial charge is 0.464 e. The number of aryl methyl sites for hydroxylation is 1. The molecule has 2 aliphatic rings. The number of ether oxygens (including phenoxy) is 1. The standard InChI is InChI=1S/C36H47IN2O3S/c1-10-20-41-26(6)33-24(4)32-25(5)39(36(8,9)35(40)42-37)27(7)38(34(32)43-33)22-30(21-28-18-16-23(3)17-19-28)31-15-13-12-14-29(31)11-2/h10,12-15,20,23,28,30H,5-7,11,16-19,21-22H2,1-4,8-9H3/b20-10-/t23?,28?,30-/m0/s1. The minimum absolute atomic E-state index is 0.292. The van der Waals surface area contributed by atoms with Crippen LogP contribution in [0.3, 0.4) is 0 Å². The fourth-order valence-electron chi connectivity index (χ4n) is 6.78. The Morgan fingerprint density at radius 3 is 2.51 bits per heavy atom. The van der Waals surface area contributed by atoms with Crippen molar-refractivity contribution < 1.29 is 12.6 Å². The van der Waals surface area contributed by atoms with Crippen LogP contribution >= 0.6 is 34.3 Å². The fraction of sp³-hybridized carbons (Fsp3) is 0.472. The second-order valence-electron chi connectivity index (χ2n) is 12.6. The lowest BCUT2D eigenvalue weighted by atomic mass is 9.76. The molecule has 1 aliphatic carbocycles. The number of nitrogens with zero attached hydrogens (tertiary/aromatic N) is 2. The molecule has 0 saturated heterocycles. The number of hydrogen-bond acceptors (Lipinski definition) is 6. The van der Waals surface area contributed by atoms with Crippen molar-refractivity contribution in [3.8, 4) is 0 Å². The fourth-order valence-corrected chi connectivity index (χ4v) is 8.59. The Balaban J connectivity index is 1.85. The molecule has 0 bridgehead atoms. The summed E-state index contributed by atoms with van der Waals surface area (Å²) in [5.41, 5.74) is 4.55. The van der Waals surface area contributed by atoms with Gasteiger partial charge in [-0.15, -0.1) is 11.3 Å². The summed E-state index contributed by atoms with van der Waals surface area (Å²) < 4.78 is 11.1. The van der Waals surface area contributed by atoms with Crippen LogP contribution in [0.15, 0.2) is 62.2 Å². The van der Waals surface area contributed by atoms with Gasteiger partial charge in [-0.1, -0.05) is 89.6 Å². The van der Waals surface area contributed by atoms with Gasteiger partial charge < -0.3 is 17.6 Å². The third-order valence-corrected chi connectivity index (χ3v) is 11.0. The smallest absolute Gasteiger partial charge is 0.341 e. The van der Waals surface area contributed by atoms with Crippen LogP contribution in [0.4, 0.5) is 5.00 Å². The molecule has 1 aromatic heterocycles. The van der Waals surface area contributed by atoms with E-state index in [4.69, 9.17) is 7.80 Å². The molecule has 4 rings (SSSR count). The van der Waals surface area contributed by atoms with Crippen molar-refractivity contribution in [3.63, 3.8) is 0 Å². The van der Waals surface area contributed by atoms with Gasteiger partial charge >= 0.3 is 5.97 Å². The predicted molar refractivity (Wildman–Crippen MR) is 190 cm³/mol. The number of fused-ring (bicyclic) bond motifs is 1. The zero-order valence-corrected chi connectivity index (χ0v) is 29.6. The monoisotopic (exact) mass is 714 g/mol. The molecule has 232 valence electrons. The van der Waals surface area contributed by atoms with Gasteiger partial charge in [0.25, 0.3) is 0 Å². The summed E-state index contributed by atoms with van der Waals surface area (Å²) in [7, 11) is 0. The van der Waals surface area contributed by atoms with Crippen LogP contribution in [-0.4, -0.2) is 23.0 Å². The third kappa shape index (κ3) is 6.77. The van der Waals surface area contributed by atoms with Crippen LogP contribution in [0.1, 0.15) is 99.8 Å². The van der Waals surface area contributed by atoms with Crippen molar-refractivity contribution in [2.24, 2.45) is 11.8 Å². The van der Waals surface area contributed by atoms with E-state index >= 15 is 0 Å². The van der Waals surface area contributed by atoms with E-state index in [1.807, 2.05) is 31.7 Å². The third-order valence-electron chi connectivity index (χ3n) is 9.26. The van der Waals surface area contributed by atoms with E-state index in [-0.39, 0.29) is 5.97 Å². The Hall–Kier alpha value is -2.52. The van der Waals surface area contributed by atoms with Gasteiger partial charge in [-0.3, -0.25) is 0 Å². The molecule has 43 heavy (non-hydrogen) atoms. The van der Waals surface area contributed by atoms with Crippen LogP contribution in [0, 0.1) is 18.8 Å². The highest BCUT2D eigenvalue weighted by molar-refractivity contribution is 14.1. The number of rotatable bonds is 11. The molecule has 2 heterocycles. The lowest BCUT2D eigenvalue weighted by molar-refractivity contribution is -0.140. The summed E-state index contributed by atoms with van der Waals surface area (Å²) in [6.45, 7) is 26.5. The number of allylic oxidation sites excluding steroid dienone is 1. The van der Waals surface area contributed by atoms with E-state index in [2.05, 4.69) is 69.7 Å². The molecule has 1 aliphatic heterocycles. The van der Waals surface area contributed by atoms with Crippen LogP contribution in [0.2, 0.25) is 0 Å². The molecule has 0 N–H and O–H groups in total. The molecule has 5 nitrogen and oxygen atoms in total. The van der Waals surface area contributed by atoms with Gasteiger partial charge in [0, 0.05) is 23.7 Å². The van der Waals surface area contributed by atoms with Crippen molar-refractivity contribution >= 4 is 56.8 Å². The molecule has 1 saturated carbocycles. The number of carbonyl (C=O) groups excluding carboxylic acids is 1. The maximum Gasteiger partial charge on any atom is 0.341 e. The van der Waals surface area contributed by atoms with E-state index in [0.29, 0.717) is 17.6 Å². The summed E-state index contributed by atoms with van der Waals surface area (Å²) in [6.07, 6.45) is 10.8. The molecule has 1 fully saturated rings. The number of hydrogen-bond donors (Lipinski definition) is 0. The lowest BCUT2D eigenvalue weighted by Crippen LogP contribution is -2.53. The average molecular weight is 715 g/mol. The van der Waals surface area contributed by atoms with Crippen molar-refractivity contribution in [2.75, 3.05) is 11.4 Å². The van der Waals surface area contributed by atoms with E-state index in [0.717, 1.165) is 57.8 Å². The van der Waals surface area contributed by atoms with Gasteiger partial charge in [-0.2, -0.15) is 0 Å². The van der Waals surface area contributed by atoms with Crippen molar-refractivity contribution in [1.29, 1.82) is 0 Å². The molecule has 7 heteroatoms. The first-order chi connectivity index (χ1) is 20.5. The normalized spacial score (nSPS) is 19.9. The van der Waals surface area contributed by atoms with Crippen molar-refractivity contribution in [3.05, 3.63) is 89.3 Å². The Morgan fingerprint density at radius 1 is 1.21 bits per heavy atom. The molecule has 0 radical (unpaired) electrons. The van der Waals surface area contributed by atoms with E-state index in [9.17, 15) is 4.79 Å². The van der Waals surface area contributed by atoms with E-state index in [1.54, 1.807) is 40.6 Å². The summed E-state index contributed by atoms with van der Waals surface area (Å²) >= 11 is 3.33. The number of carbonyl (C=O) groups is 1. The first-order valence-electron chi connectivity index (χ1n) is 15.4. The van der Waals surface area contributed by atoms with Gasteiger partial charge in [-0.25, -0.2) is 4.79 Å². The van der Waals surface area contributed by atoms with E-state index in [1.165, 1.54) is 36.8 Å². The van der Waals surface area contributed by atoms with Crippen molar-refractivity contribution in [2.45, 2.75) is 91.5 Å². The van der Waals surface area contributed by atoms with Crippen LogP contribution < -0.4 is 4.90 Å². The molecule has 0 spiro atoms. The predicted octanol–water partition coefficient (Wildman–Crippen LogP) is 10.4. The maximum absolute atomic E-state index is 13.2. The second-order valence-corrected chi connectivity index (χ2v) is 14.0. The summed E-state index contributed by atoms with van der Waals surface area (Å²) in [5.74, 6) is 2.77. The Labute approximate surface area is 277 Å². The summed E-state index contributed by atoms with van der Waals surface area (Å²) in [6, 6.07) is 8.90. The highest BCUT2D eigenvalue weighted by atomic mass is 127. The summed E-state index contributed by atoms with van der Waals surface area (Å²) in [4.78, 5) is 18.4. The second kappa shape index (κ2) is 14.1. The minimum Gasteiger partial charge on any atom is -0.464 e. The van der Waals surface area contributed by atoms with Gasteiger partial charge in [0.05, 0.1) is 11.1 Å². The molecule has 2 aromatic rings. The molecule has 0 amide bonds. The van der Waals surface area contributed by atoms with Gasteiger partial charge in [-0.05, 0) is 69.1 Å². The number of halogens is 1. The quantitative estimate of drug-likeness (QED) is 0.171. The van der Waals surface area contributed by atoms with Crippen LogP contribution in [0.25, 0.3) is 11.5 Å². The highest BCUT2D eigenvalue weighted by Gasteiger charge is 2.45. The van der Waals surface area contributed by atoms with Crippen molar-refractivity contribution in [1.82, 2.24) is 4.90 Å². The SMILES string of the molecule is C=C(O/C=C\C)c1sc2c(c1C)C(=C)N(C(C)(C)C(=O)OI)C(=C)N2C[C@H](CC1CCC(C)CC1)c1ccccc1CC. The highest BCUT2D eigenvalue weighted by Crippen LogP contribution is 2.52. The van der Waals surface area contributed by atoms with Crippen LogP contribution in [0.5, 0.6) is 0 Å². The number of anilines is 1. The number of thiophene rings is 1. The topological polar surface area (TPSA) is 42.0 Å². The first-order valence-corrected chi connectivity index (χ1v) is 17.1. The average Bonchev–Trinajstić information content (AvgIpc) is 3.34. The van der Waals surface area contributed by atoms with Gasteiger partial charge in [0.2, 0.25) is 0 Å². The molecular formula is C36H47IN2O3S. The Kier molecular flexibility index (Phi) is 10.9.